The first-order valence-electron chi connectivity index (χ1n) is 9.86. The van der Waals surface area contributed by atoms with Gasteiger partial charge in [0.25, 0.3) is 5.91 Å². The highest BCUT2D eigenvalue weighted by atomic mass is 32.2. The van der Waals surface area contributed by atoms with Crippen LogP contribution in [0.15, 0.2) is 60.7 Å². The first-order valence-corrected chi connectivity index (χ1v) is 11.0. The third kappa shape index (κ3) is 6.89. The predicted octanol–water partition coefficient (Wildman–Crippen LogP) is 2.54. The van der Waals surface area contributed by atoms with E-state index in [2.05, 4.69) is 5.32 Å². The molecule has 0 saturated carbocycles. The minimum Gasteiger partial charge on any atom is -0.482 e. The van der Waals surface area contributed by atoms with Gasteiger partial charge in [0.05, 0.1) is 0 Å². The molecule has 2 amide bonds. The van der Waals surface area contributed by atoms with Crippen molar-refractivity contribution in [3.63, 3.8) is 0 Å². The van der Waals surface area contributed by atoms with Crippen LogP contribution in [0.5, 0.6) is 5.75 Å². The average molecular weight is 441 g/mol. The van der Waals surface area contributed by atoms with Gasteiger partial charge in [0, 0.05) is 30.2 Å². The van der Waals surface area contributed by atoms with Crippen LogP contribution in [0.1, 0.15) is 15.9 Å². The van der Waals surface area contributed by atoms with E-state index in [-0.39, 0.29) is 11.7 Å². The second kappa shape index (κ2) is 11.2. The molecule has 162 valence electrons. The summed E-state index contributed by atoms with van der Waals surface area (Å²) in [5.41, 5.74) is 1.37. The van der Waals surface area contributed by atoms with Crippen molar-refractivity contribution in [2.75, 3.05) is 31.2 Å². The molecule has 2 aromatic rings. The van der Waals surface area contributed by atoms with Crippen LogP contribution in [-0.4, -0.2) is 65.0 Å². The van der Waals surface area contributed by atoms with Crippen molar-refractivity contribution >= 4 is 35.6 Å². The number of rotatable bonds is 8. The maximum Gasteiger partial charge on any atom is 0.341 e. The Morgan fingerprint density at radius 1 is 1.19 bits per heavy atom. The quantitative estimate of drug-likeness (QED) is 0.655. The molecule has 1 fully saturated rings. The Bertz CT molecular complexity index is 948. The molecule has 0 unspecified atom stereocenters. The third-order valence-corrected chi connectivity index (χ3v) is 5.64. The van der Waals surface area contributed by atoms with Crippen LogP contribution in [0.3, 0.4) is 0 Å². The molecular formula is C23H24N2O5S. The van der Waals surface area contributed by atoms with Crippen molar-refractivity contribution in [3.8, 4) is 5.75 Å². The summed E-state index contributed by atoms with van der Waals surface area (Å²) < 4.78 is 5.12. The number of hydrogen-bond donors (Lipinski definition) is 2. The molecule has 1 saturated heterocycles. The van der Waals surface area contributed by atoms with Gasteiger partial charge in [-0.2, -0.15) is 11.8 Å². The molecule has 2 N–H and O–H groups in total. The van der Waals surface area contributed by atoms with Crippen molar-refractivity contribution in [2.24, 2.45) is 0 Å². The van der Waals surface area contributed by atoms with Crippen molar-refractivity contribution in [3.05, 3.63) is 71.8 Å². The van der Waals surface area contributed by atoms with Gasteiger partial charge in [-0.15, -0.1) is 0 Å². The fraction of sp³-hybridized carbons (Fsp3) is 0.261. The Hall–Kier alpha value is -3.26. The van der Waals surface area contributed by atoms with Gasteiger partial charge in [-0.25, -0.2) is 4.79 Å². The van der Waals surface area contributed by atoms with Crippen molar-refractivity contribution in [1.82, 2.24) is 10.2 Å². The number of carbonyl (C=O) groups excluding carboxylic acids is 2. The van der Waals surface area contributed by atoms with Crippen LogP contribution in [0, 0.1) is 0 Å². The van der Waals surface area contributed by atoms with Crippen LogP contribution < -0.4 is 10.1 Å². The summed E-state index contributed by atoms with van der Waals surface area (Å²) in [7, 11) is 0. The second-order valence-electron chi connectivity index (χ2n) is 6.91. The number of nitrogens with zero attached hydrogens (tertiary/aromatic N) is 1. The van der Waals surface area contributed by atoms with Gasteiger partial charge in [-0.3, -0.25) is 9.59 Å². The summed E-state index contributed by atoms with van der Waals surface area (Å²) >= 11 is 1.62. The monoisotopic (exact) mass is 440 g/mol. The maximum atomic E-state index is 13.0. The predicted molar refractivity (Wildman–Crippen MR) is 120 cm³/mol. The van der Waals surface area contributed by atoms with Gasteiger partial charge < -0.3 is 20.1 Å². The molecule has 31 heavy (non-hydrogen) atoms. The molecule has 0 spiro atoms. The Morgan fingerprint density at radius 2 is 2.00 bits per heavy atom. The number of nitrogens with one attached hydrogen (secondary N) is 1. The summed E-state index contributed by atoms with van der Waals surface area (Å²) in [6.07, 6.45) is 3.92. The molecule has 0 bridgehead atoms. The zero-order valence-electron chi connectivity index (χ0n) is 16.9. The molecule has 0 radical (unpaired) electrons. The fourth-order valence-corrected chi connectivity index (χ4v) is 4.03. The lowest BCUT2D eigenvalue weighted by atomic mass is 10.1. The first-order chi connectivity index (χ1) is 15.0. The van der Waals surface area contributed by atoms with Crippen LogP contribution in [-0.2, 0) is 9.59 Å². The topological polar surface area (TPSA) is 95.9 Å². The number of carboxylic acid groups (broad SMARTS) is 1. The molecule has 7 nitrogen and oxygen atoms in total. The standard InChI is InChI=1S/C23H24N2O5S/c26-21(27)15-30-19-10-4-9-18(14-19)22(28)24-20-16-31-13-12-25(23(20)29)11-5-8-17-6-2-1-3-7-17/h1-10,14,20H,11-13,15-16H2,(H,24,28)(H,26,27)/t20-/m0/s1. The normalized spacial score (nSPS) is 16.7. The van der Waals surface area contributed by atoms with E-state index < -0.39 is 24.5 Å². The molecule has 1 heterocycles. The van der Waals surface area contributed by atoms with Gasteiger partial charge in [-0.05, 0) is 23.8 Å². The highest BCUT2D eigenvalue weighted by molar-refractivity contribution is 7.99. The van der Waals surface area contributed by atoms with Gasteiger partial charge in [0.2, 0.25) is 5.91 Å². The number of ether oxygens (including phenoxy) is 1. The summed E-state index contributed by atoms with van der Waals surface area (Å²) in [5.74, 6) is -0.0357. The summed E-state index contributed by atoms with van der Waals surface area (Å²) in [4.78, 5) is 38.1. The van der Waals surface area contributed by atoms with E-state index in [1.54, 1.807) is 34.9 Å². The van der Waals surface area contributed by atoms with Crippen LogP contribution in [0.25, 0.3) is 6.08 Å². The smallest absolute Gasteiger partial charge is 0.341 e. The number of aliphatic carboxylic acids is 1. The zero-order chi connectivity index (χ0) is 22.1. The average Bonchev–Trinajstić information content (AvgIpc) is 2.95. The van der Waals surface area contributed by atoms with E-state index in [0.29, 0.717) is 24.4 Å². The van der Waals surface area contributed by atoms with E-state index in [4.69, 9.17) is 9.84 Å². The largest absolute Gasteiger partial charge is 0.482 e. The van der Waals surface area contributed by atoms with Crippen molar-refractivity contribution < 1.29 is 24.2 Å². The molecular weight excluding hydrogens is 416 g/mol. The van der Waals surface area contributed by atoms with Gasteiger partial charge in [0.15, 0.2) is 6.61 Å². The summed E-state index contributed by atoms with van der Waals surface area (Å²) in [6, 6.07) is 15.5. The minimum absolute atomic E-state index is 0.116. The van der Waals surface area contributed by atoms with Crippen molar-refractivity contribution in [2.45, 2.75) is 6.04 Å². The Kier molecular flexibility index (Phi) is 8.12. The molecule has 1 atom stereocenters. The third-order valence-electron chi connectivity index (χ3n) is 4.60. The zero-order valence-corrected chi connectivity index (χ0v) is 17.7. The number of carboxylic acids is 1. The summed E-state index contributed by atoms with van der Waals surface area (Å²) in [6.45, 7) is 0.598. The molecule has 1 aliphatic heterocycles. The van der Waals surface area contributed by atoms with Crippen LogP contribution in [0.4, 0.5) is 0 Å². The van der Waals surface area contributed by atoms with Crippen LogP contribution in [0.2, 0.25) is 0 Å². The fourth-order valence-electron chi connectivity index (χ4n) is 3.06. The van der Waals surface area contributed by atoms with E-state index in [1.807, 2.05) is 42.5 Å². The van der Waals surface area contributed by atoms with E-state index in [9.17, 15) is 14.4 Å². The van der Waals surface area contributed by atoms with Gasteiger partial charge in [-0.1, -0.05) is 48.6 Å². The van der Waals surface area contributed by atoms with E-state index in [1.165, 1.54) is 6.07 Å². The van der Waals surface area contributed by atoms with Gasteiger partial charge in [0.1, 0.15) is 11.8 Å². The molecule has 3 rings (SSSR count). The molecule has 1 aliphatic rings. The minimum atomic E-state index is -1.10. The lowest BCUT2D eigenvalue weighted by molar-refractivity contribution is -0.139. The highest BCUT2D eigenvalue weighted by Crippen LogP contribution is 2.16. The second-order valence-corrected chi connectivity index (χ2v) is 8.06. The molecule has 8 heteroatoms. The Balaban J connectivity index is 1.61. The number of thioether (sulfide) groups is 1. The molecule has 0 aromatic heterocycles. The summed E-state index contributed by atoms with van der Waals surface area (Å²) in [5, 5.41) is 11.5. The lowest BCUT2D eigenvalue weighted by Crippen LogP contribution is -2.49. The number of hydrogen-bond acceptors (Lipinski definition) is 5. The van der Waals surface area contributed by atoms with Gasteiger partial charge >= 0.3 is 5.97 Å². The number of benzene rings is 2. The first kappa shape index (κ1) is 22.4. The molecule has 0 aliphatic carbocycles. The SMILES string of the molecule is O=C(O)COc1cccc(C(=O)N[C@H]2CSCCN(CC=Cc3ccccc3)C2=O)c1. The Morgan fingerprint density at radius 3 is 2.77 bits per heavy atom. The number of carbonyl (C=O) groups is 3. The van der Waals surface area contributed by atoms with E-state index >= 15 is 0 Å². The Labute approximate surface area is 185 Å². The van der Waals surface area contributed by atoms with Crippen molar-refractivity contribution in [1.29, 1.82) is 0 Å². The van der Waals surface area contributed by atoms with E-state index in [0.717, 1.165) is 11.3 Å². The lowest BCUT2D eigenvalue weighted by Gasteiger charge is -2.23. The maximum absolute atomic E-state index is 13.0. The number of amides is 2. The molecule has 2 aromatic carbocycles. The highest BCUT2D eigenvalue weighted by Gasteiger charge is 2.28. The van der Waals surface area contributed by atoms with Crippen LogP contribution >= 0.6 is 11.8 Å².